The summed E-state index contributed by atoms with van der Waals surface area (Å²) >= 11 is 0. The molecular formula is C25H28N2O4. The van der Waals surface area contributed by atoms with Gasteiger partial charge in [0.25, 0.3) is 0 Å². The van der Waals surface area contributed by atoms with Gasteiger partial charge in [-0.3, -0.25) is 0 Å². The summed E-state index contributed by atoms with van der Waals surface area (Å²) in [5.74, 6) is 0.738. The van der Waals surface area contributed by atoms with Crippen LogP contribution >= 0.6 is 0 Å². The molecule has 1 aromatic heterocycles. The van der Waals surface area contributed by atoms with Crippen molar-refractivity contribution in [1.82, 2.24) is 4.57 Å². The molecule has 0 spiro atoms. The van der Waals surface area contributed by atoms with Gasteiger partial charge in [0, 0.05) is 12.4 Å². The Bertz CT molecular complexity index is 1020. The van der Waals surface area contributed by atoms with Crippen molar-refractivity contribution >= 4 is 11.7 Å². The SMILES string of the molecule is CCCCOc1ccc(OC2CN(c3c(C)ccc(C(=O)O)c3-n3cccc3)C2)cc1. The van der Waals surface area contributed by atoms with E-state index in [1.807, 2.05) is 66.3 Å². The Morgan fingerprint density at radius 2 is 1.71 bits per heavy atom. The zero-order valence-corrected chi connectivity index (χ0v) is 18.0. The number of ether oxygens (including phenoxy) is 2. The van der Waals surface area contributed by atoms with E-state index in [0.29, 0.717) is 24.3 Å². The monoisotopic (exact) mass is 420 g/mol. The van der Waals surface area contributed by atoms with Gasteiger partial charge in [0.2, 0.25) is 0 Å². The number of unbranched alkanes of at least 4 members (excludes halogenated alkanes) is 1. The summed E-state index contributed by atoms with van der Waals surface area (Å²) in [5, 5.41) is 9.72. The van der Waals surface area contributed by atoms with Gasteiger partial charge in [-0.05, 0) is 61.4 Å². The summed E-state index contributed by atoms with van der Waals surface area (Å²) in [6.45, 7) is 6.29. The first-order valence-corrected chi connectivity index (χ1v) is 10.7. The van der Waals surface area contributed by atoms with Crippen LogP contribution in [0.4, 0.5) is 5.69 Å². The molecule has 0 atom stereocenters. The predicted molar refractivity (Wildman–Crippen MR) is 121 cm³/mol. The Morgan fingerprint density at radius 3 is 2.35 bits per heavy atom. The highest BCUT2D eigenvalue weighted by Gasteiger charge is 2.33. The topological polar surface area (TPSA) is 63.9 Å². The second-order valence-electron chi connectivity index (χ2n) is 7.84. The molecule has 1 fully saturated rings. The summed E-state index contributed by atoms with van der Waals surface area (Å²) in [7, 11) is 0. The molecule has 1 aliphatic heterocycles. The van der Waals surface area contributed by atoms with Crippen LogP contribution in [0, 0.1) is 6.92 Å². The Hall–Kier alpha value is -3.41. The van der Waals surface area contributed by atoms with Crippen LogP contribution in [0.15, 0.2) is 60.9 Å². The Kier molecular flexibility index (Phi) is 6.16. The molecule has 0 bridgehead atoms. The van der Waals surface area contributed by atoms with Crippen LogP contribution in [-0.4, -0.2) is 41.4 Å². The Labute approximate surface area is 182 Å². The van der Waals surface area contributed by atoms with E-state index >= 15 is 0 Å². The Morgan fingerprint density at radius 1 is 1.03 bits per heavy atom. The maximum absolute atomic E-state index is 11.9. The smallest absolute Gasteiger partial charge is 0.337 e. The van der Waals surface area contributed by atoms with Gasteiger partial charge in [-0.25, -0.2) is 4.79 Å². The molecule has 162 valence electrons. The fourth-order valence-corrected chi connectivity index (χ4v) is 3.83. The average molecular weight is 421 g/mol. The number of hydrogen-bond acceptors (Lipinski definition) is 4. The van der Waals surface area contributed by atoms with Crippen LogP contribution < -0.4 is 14.4 Å². The first-order chi connectivity index (χ1) is 15.1. The molecule has 0 amide bonds. The van der Waals surface area contributed by atoms with Crippen molar-refractivity contribution in [2.24, 2.45) is 0 Å². The molecule has 4 rings (SSSR count). The largest absolute Gasteiger partial charge is 0.494 e. The van der Waals surface area contributed by atoms with E-state index < -0.39 is 5.97 Å². The molecule has 3 aromatic rings. The standard InChI is InChI=1S/C25H28N2O4/c1-3-4-15-30-19-8-10-20(11-9-19)31-21-16-27(17-21)23-18(2)7-12-22(25(28)29)24(23)26-13-5-6-14-26/h5-14,21H,3-4,15-17H2,1-2H3,(H,28,29). The normalized spacial score (nSPS) is 13.7. The van der Waals surface area contributed by atoms with Crippen molar-refractivity contribution in [3.63, 3.8) is 0 Å². The number of hydrogen-bond donors (Lipinski definition) is 1. The summed E-state index contributed by atoms with van der Waals surface area (Å²) in [4.78, 5) is 14.0. The molecule has 1 saturated heterocycles. The van der Waals surface area contributed by atoms with Crippen molar-refractivity contribution in [3.8, 4) is 17.2 Å². The van der Waals surface area contributed by atoms with Crippen LogP contribution in [0.1, 0.15) is 35.7 Å². The number of aryl methyl sites for hydroxylation is 1. The summed E-state index contributed by atoms with van der Waals surface area (Å²) < 4.78 is 13.7. The number of anilines is 1. The first-order valence-electron chi connectivity index (χ1n) is 10.7. The lowest BCUT2D eigenvalue weighted by Crippen LogP contribution is -2.54. The molecule has 1 N–H and O–H groups in total. The number of carboxylic acid groups (broad SMARTS) is 1. The Balaban J connectivity index is 1.45. The van der Waals surface area contributed by atoms with E-state index in [0.717, 1.165) is 42.2 Å². The predicted octanol–water partition coefficient (Wildman–Crippen LogP) is 4.93. The van der Waals surface area contributed by atoms with Crippen LogP contribution in [0.5, 0.6) is 11.5 Å². The number of aromatic nitrogens is 1. The molecule has 0 saturated carbocycles. The molecule has 0 aliphatic carbocycles. The first kappa shape index (κ1) is 20.8. The number of rotatable bonds is 9. The minimum Gasteiger partial charge on any atom is -0.494 e. The van der Waals surface area contributed by atoms with Crippen molar-refractivity contribution in [2.75, 3.05) is 24.6 Å². The molecule has 0 unspecified atom stereocenters. The fraction of sp³-hybridized carbons (Fsp3) is 0.320. The molecule has 0 radical (unpaired) electrons. The minimum atomic E-state index is -0.931. The zero-order valence-electron chi connectivity index (χ0n) is 18.0. The molecule has 31 heavy (non-hydrogen) atoms. The molecular weight excluding hydrogens is 392 g/mol. The average Bonchev–Trinajstić information content (AvgIpc) is 3.26. The van der Waals surface area contributed by atoms with Crippen LogP contribution in [0.25, 0.3) is 5.69 Å². The van der Waals surface area contributed by atoms with Gasteiger partial charge in [0.05, 0.1) is 36.6 Å². The van der Waals surface area contributed by atoms with Crippen molar-refractivity contribution in [1.29, 1.82) is 0 Å². The van der Waals surface area contributed by atoms with Crippen LogP contribution in [0.3, 0.4) is 0 Å². The highest BCUT2D eigenvalue weighted by Crippen LogP contribution is 2.35. The van der Waals surface area contributed by atoms with Gasteiger partial charge < -0.3 is 24.0 Å². The maximum atomic E-state index is 11.9. The van der Waals surface area contributed by atoms with E-state index in [1.54, 1.807) is 6.07 Å². The van der Waals surface area contributed by atoms with Crippen LogP contribution in [-0.2, 0) is 0 Å². The quantitative estimate of drug-likeness (QED) is 0.497. The number of benzene rings is 2. The molecule has 2 heterocycles. The summed E-state index contributed by atoms with van der Waals surface area (Å²) in [6.07, 6.45) is 5.96. The lowest BCUT2D eigenvalue weighted by Gasteiger charge is -2.42. The number of carboxylic acids is 1. The molecule has 6 heteroatoms. The van der Waals surface area contributed by atoms with Gasteiger partial charge in [0.1, 0.15) is 17.6 Å². The van der Waals surface area contributed by atoms with E-state index in [2.05, 4.69) is 11.8 Å². The summed E-state index contributed by atoms with van der Waals surface area (Å²) in [5.41, 5.74) is 2.97. The van der Waals surface area contributed by atoms with E-state index in [4.69, 9.17) is 9.47 Å². The van der Waals surface area contributed by atoms with Crippen molar-refractivity contribution in [2.45, 2.75) is 32.8 Å². The second-order valence-corrected chi connectivity index (χ2v) is 7.84. The second kappa shape index (κ2) is 9.16. The molecule has 1 aliphatic rings. The van der Waals surface area contributed by atoms with Gasteiger partial charge in [-0.2, -0.15) is 0 Å². The van der Waals surface area contributed by atoms with Crippen LogP contribution in [0.2, 0.25) is 0 Å². The lowest BCUT2D eigenvalue weighted by atomic mass is 10.0. The van der Waals surface area contributed by atoms with E-state index in [-0.39, 0.29) is 6.10 Å². The fourth-order valence-electron chi connectivity index (χ4n) is 3.83. The van der Waals surface area contributed by atoms with Gasteiger partial charge in [-0.1, -0.05) is 19.4 Å². The highest BCUT2D eigenvalue weighted by atomic mass is 16.5. The number of carbonyl (C=O) groups is 1. The molecule has 6 nitrogen and oxygen atoms in total. The van der Waals surface area contributed by atoms with Gasteiger partial charge in [-0.15, -0.1) is 0 Å². The third kappa shape index (κ3) is 4.53. The molecule has 2 aromatic carbocycles. The third-order valence-electron chi connectivity index (χ3n) is 5.50. The number of nitrogens with zero attached hydrogens (tertiary/aromatic N) is 2. The summed E-state index contributed by atoms with van der Waals surface area (Å²) in [6, 6.07) is 15.1. The lowest BCUT2D eigenvalue weighted by molar-refractivity contribution is 0.0697. The maximum Gasteiger partial charge on any atom is 0.337 e. The highest BCUT2D eigenvalue weighted by molar-refractivity contribution is 5.96. The van der Waals surface area contributed by atoms with E-state index in [9.17, 15) is 9.90 Å². The zero-order chi connectivity index (χ0) is 21.8. The third-order valence-corrected chi connectivity index (χ3v) is 5.50. The van der Waals surface area contributed by atoms with Crippen molar-refractivity contribution in [3.05, 3.63) is 72.1 Å². The van der Waals surface area contributed by atoms with Gasteiger partial charge >= 0.3 is 5.97 Å². The van der Waals surface area contributed by atoms with Crippen molar-refractivity contribution < 1.29 is 19.4 Å². The minimum absolute atomic E-state index is 0.0530. The van der Waals surface area contributed by atoms with Gasteiger partial charge in [0.15, 0.2) is 0 Å². The number of aromatic carboxylic acids is 1. The van der Waals surface area contributed by atoms with E-state index in [1.165, 1.54) is 0 Å².